The second kappa shape index (κ2) is 7.53. The monoisotopic (exact) mass is 377 g/mol. The van der Waals surface area contributed by atoms with Crippen molar-refractivity contribution in [3.8, 4) is 10.6 Å². The van der Waals surface area contributed by atoms with E-state index in [1.807, 2.05) is 17.0 Å². The summed E-state index contributed by atoms with van der Waals surface area (Å²) in [6.45, 7) is 5.53. The molecule has 138 valence electrons. The Hall–Kier alpha value is -2.66. The first-order valence-electron chi connectivity index (χ1n) is 9.33. The van der Waals surface area contributed by atoms with Crippen LogP contribution in [0.15, 0.2) is 48.5 Å². The van der Waals surface area contributed by atoms with Crippen molar-refractivity contribution in [1.29, 1.82) is 0 Å². The molecule has 4 rings (SSSR count). The molecule has 0 bridgehead atoms. The lowest BCUT2D eigenvalue weighted by atomic mass is 10.1. The average molecular weight is 378 g/mol. The molecule has 4 nitrogen and oxygen atoms in total. The number of hydrogen-bond acceptors (Lipinski definition) is 3. The molecule has 0 saturated heterocycles. The summed E-state index contributed by atoms with van der Waals surface area (Å²) in [4.78, 5) is 20.5. The van der Waals surface area contributed by atoms with Crippen LogP contribution < -0.4 is 5.32 Å². The van der Waals surface area contributed by atoms with Gasteiger partial charge >= 0.3 is 6.03 Å². The van der Waals surface area contributed by atoms with Crippen LogP contribution in [0.4, 0.5) is 10.5 Å². The quantitative estimate of drug-likeness (QED) is 0.676. The van der Waals surface area contributed by atoms with Crippen LogP contribution >= 0.6 is 11.3 Å². The number of aromatic nitrogens is 1. The molecule has 1 aromatic heterocycles. The van der Waals surface area contributed by atoms with Gasteiger partial charge in [-0.05, 0) is 31.0 Å². The van der Waals surface area contributed by atoms with Crippen molar-refractivity contribution in [3.05, 3.63) is 70.2 Å². The Morgan fingerprint density at radius 3 is 2.59 bits per heavy atom. The third-order valence-corrected chi connectivity index (χ3v) is 6.06. The number of fused-ring (bicyclic) bond motifs is 1. The lowest BCUT2D eigenvalue weighted by Crippen LogP contribution is -2.38. The van der Waals surface area contributed by atoms with Gasteiger partial charge in [0.1, 0.15) is 5.01 Å². The van der Waals surface area contributed by atoms with Gasteiger partial charge in [-0.3, -0.25) is 0 Å². The van der Waals surface area contributed by atoms with Gasteiger partial charge in [-0.15, -0.1) is 11.3 Å². The van der Waals surface area contributed by atoms with E-state index in [1.165, 1.54) is 16.0 Å². The summed E-state index contributed by atoms with van der Waals surface area (Å²) >= 11 is 1.69. The highest BCUT2D eigenvalue weighted by Crippen LogP contribution is 2.32. The van der Waals surface area contributed by atoms with Crippen molar-refractivity contribution in [1.82, 2.24) is 9.88 Å². The second-order valence-electron chi connectivity index (χ2n) is 6.91. The fraction of sp³-hybridized carbons (Fsp3) is 0.273. The third-order valence-electron chi connectivity index (χ3n) is 4.93. The summed E-state index contributed by atoms with van der Waals surface area (Å²) in [5, 5.41) is 4.05. The molecule has 2 amide bonds. The summed E-state index contributed by atoms with van der Waals surface area (Å²) in [5.41, 5.74) is 5.63. The number of rotatable bonds is 3. The molecular formula is C22H23N3OS. The molecule has 5 heteroatoms. The van der Waals surface area contributed by atoms with Crippen LogP contribution in [-0.4, -0.2) is 22.5 Å². The zero-order chi connectivity index (χ0) is 18.8. The van der Waals surface area contributed by atoms with Gasteiger partial charge < -0.3 is 10.2 Å². The highest BCUT2D eigenvalue weighted by molar-refractivity contribution is 7.15. The second-order valence-corrected chi connectivity index (χ2v) is 7.99. The summed E-state index contributed by atoms with van der Waals surface area (Å²) in [6.07, 6.45) is 1.80. The molecule has 0 radical (unpaired) electrons. The number of anilines is 1. The first-order chi connectivity index (χ1) is 13.1. The Bertz CT molecular complexity index is 945. The zero-order valence-electron chi connectivity index (χ0n) is 15.7. The predicted molar refractivity (Wildman–Crippen MR) is 111 cm³/mol. The van der Waals surface area contributed by atoms with E-state index < -0.39 is 0 Å². The normalized spacial score (nSPS) is 13.3. The van der Waals surface area contributed by atoms with Crippen LogP contribution in [0.25, 0.3) is 10.6 Å². The van der Waals surface area contributed by atoms with E-state index in [0.29, 0.717) is 13.1 Å². The van der Waals surface area contributed by atoms with E-state index in [9.17, 15) is 4.79 Å². The van der Waals surface area contributed by atoms with E-state index >= 15 is 0 Å². The number of hydrogen-bond donors (Lipinski definition) is 1. The first-order valence-corrected chi connectivity index (χ1v) is 10.1. The van der Waals surface area contributed by atoms with Crippen LogP contribution in [0, 0.1) is 6.92 Å². The van der Waals surface area contributed by atoms with Gasteiger partial charge in [0.05, 0.1) is 12.2 Å². The van der Waals surface area contributed by atoms with Crippen molar-refractivity contribution < 1.29 is 4.79 Å². The molecule has 0 aliphatic carbocycles. The Labute approximate surface area is 163 Å². The predicted octanol–water partition coefficient (Wildman–Crippen LogP) is 5.27. The van der Waals surface area contributed by atoms with Crippen molar-refractivity contribution in [2.24, 2.45) is 0 Å². The number of urea groups is 1. The van der Waals surface area contributed by atoms with Crippen molar-refractivity contribution in [2.45, 2.75) is 33.2 Å². The fourth-order valence-corrected chi connectivity index (χ4v) is 4.34. The minimum absolute atomic E-state index is 0.0461. The highest BCUT2D eigenvalue weighted by Gasteiger charge is 2.24. The van der Waals surface area contributed by atoms with E-state index in [2.05, 4.69) is 55.6 Å². The number of carbonyl (C=O) groups is 1. The molecule has 1 N–H and O–H groups in total. The Kier molecular flexibility index (Phi) is 4.94. The summed E-state index contributed by atoms with van der Waals surface area (Å²) in [7, 11) is 0. The number of nitrogens with zero attached hydrogens (tertiary/aromatic N) is 2. The third kappa shape index (κ3) is 3.88. The summed E-state index contributed by atoms with van der Waals surface area (Å²) in [5.74, 6) is 0. The van der Waals surface area contributed by atoms with Crippen LogP contribution in [0.2, 0.25) is 0 Å². The lowest BCUT2D eigenvalue weighted by Gasteiger charge is -2.26. The van der Waals surface area contributed by atoms with Crippen molar-refractivity contribution in [2.75, 3.05) is 11.9 Å². The Morgan fingerprint density at radius 1 is 1.15 bits per heavy atom. The lowest BCUT2D eigenvalue weighted by molar-refractivity contribution is 0.207. The summed E-state index contributed by atoms with van der Waals surface area (Å²) in [6, 6.07) is 16.5. The van der Waals surface area contributed by atoms with Gasteiger partial charge in [-0.1, -0.05) is 48.9 Å². The molecule has 2 aromatic carbocycles. The standard InChI is InChI=1S/C22H23N3OS/c1-3-16-6-10-18(11-7-16)23-22(26)25-13-12-19-20(14-25)27-21(24-19)17-8-4-15(2)5-9-17/h4-11H,3,12-14H2,1-2H3,(H,23,26). The van der Waals surface area contributed by atoms with Crippen LogP contribution in [-0.2, 0) is 19.4 Å². The number of benzene rings is 2. The van der Waals surface area contributed by atoms with Gasteiger partial charge in [0, 0.05) is 29.1 Å². The molecule has 0 spiro atoms. The zero-order valence-corrected chi connectivity index (χ0v) is 16.5. The van der Waals surface area contributed by atoms with Crippen LogP contribution in [0.1, 0.15) is 28.6 Å². The van der Waals surface area contributed by atoms with E-state index in [4.69, 9.17) is 4.98 Å². The largest absolute Gasteiger partial charge is 0.322 e. The maximum Gasteiger partial charge on any atom is 0.322 e. The van der Waals surface area contributed by atoms with Crippen LogP contribution in [0.3, 0.4) is 0 Å². The number of amides is 2. The SMILES string of the molecule is CCc1ccc(NC(=O)N2CCc3nc(-c4ccc(C)cc4)sc3C2)cc1. The van der Waals surface area contributed by atoms with Gasteiger partial charge in [0.25, 0.3) is 0 Å². The average Bonchev–Trinajstić information content (AvgIpc) is 3.12. The van der Waals surface area contributed by atoms with Crippen molar-refractivity contribution in [3.63, 3.8) is 0 Å². The fourth-order valence-electron chi connectivity index (χ4n) is 3.21. The minimum Gasteiger partial charge on any atom is -0.319 e. The highest BCUT2D eigenvalue weighted by atomic mass is 32.1. The molecular weight excluding hydrogens is 354 g/mol. The van der Waals surface area contributed by atoms with E-state index in [1.54, 1.807) is 11.3 Å². The van der Waals surface area contributed by atoms with E-state index in [0.717, 1.165) is 34.8 Å². The maximum absolute atomic E-state index is 12.6. The van der Waals surface area contributed by atoms with Gasteiger partial charge in [-0.2, -0.15) is 0 Å². The number of thiazole rings is 1. The molecule has 0 saturated carbocycles. The van der Waals surface area contributed by atoms with Crippen molar-refractivity contribution >= 4 is 23.1 Å². The smallest absolute Gasteiger partial charge is 0.319 e. The van der Waals surface area contributed by atoms with Gasteiger partial charge in [-0.25, -0.2) is 9.78 Å². The number of nitrogens with one attached hydrogen (secondary N) is 1. The Balaban J connectivity index is 1.45. The molecule has 0 atom stereocenters. The maximum atomic E-state index is 12.6. The van der Waals surface area contributed by atoms with Crippen LogP contribution in [0.5, 0.6) is 0 Å². The molecule has 3 aromatic rings. The topological polar surface area (TPSA) is 45.2 Å². The van der Waals surface area contributed by atoms with E-state index in [-0.39, 0.29) is 6.03 Å². The first kappa shape index (κ1) is 17.7. The molecule has 0 fully saturated rings. The molecule has 27 heavy (non-hydrogen) atoms. The Morgan fingerprint density at radius 2 is 1.89 bits per heavy atom. The molecule has 1 aliphatic rings. The minimum atomic E-state index is -0.0461. The summed E-state index contributed by atoms with van der Waals surface area (Å²) < 4.78 is 0. The number of carbonyl (C=O) groups excluding carboxylic acids is 1. The number of aryl methyl sites for hydroxylation is 2. The molecule has 0 unspecified atom stereocenters. The molecule has 1 aliphatic heterocycles. The van der Waals surface area contributed by atoms with Gasteiger partial charge in [0.15, 0.2) is 0 Å². The molecule has 2 heterocycles. The van der Waals surface area contributed by atoms with Gasteiger partial charge in [0.2, 0.25) is 0 Å².